The van der Waals surface area contributed by atoms with Gasteiger partial charge in [0.05, 0.1) is 0 Å². The van der Waals surface area contributed by atoms with E-state index in [0.29, 0.717) is 0 Å². The van der Waals surface area contributed by atoms with Gasteiger partial charge in [0.2, 0.25) is 0 Å². The van der Waals surface area contributed by atoms with E-state index in [9.17, 15) is 0 Å². The van der Waals surface area contributed by atoms with E-state index in [1.165, 1.54) is 26.1 Å². The van der Waals surface area contributed by atoms with Crippen molar-refractivity contribution in [1.29, 1.82) is 0 Å². The molecule has 11 heavy (non-hydrogen) atoms. The average molecular weight is 199 g/mol. The Balaban J connectivity index is 0.000000500. The molecule has 1 N–H and O–H groups in total. The van der Waals surface area contributed by atoms with E-state index in [2.05, 4.69) is 17.3 Å². The molecule has 4 heteroatoms. The van der Waals surface area contributed by atoms with Crippen LogP contribution in [0.2, 0.25) is 0 Å². The number of rotatable bonds is 0. The van der Waals surface area contributed by atoms with Crippen LogP contribution in [0.3, 0.4) is 0 Å². The van der Waals surface area contributed by atoms with E-state index in [0.717, 1.165) is 12.0 Å². The summed E-state index contributed by atoms with van der Waals surface area (Å²) in [6, 6.07) is 0.829. The summed E-state index contributed by atoms with van der Waals surface area (Å²) >= 11 is 0. The minimum Gasteiger partial charge on any atom is -0.312 e. The fourth-order valence-electron chi connectivity index (χ4n) is 2.06. The first-order valence-electron chi connectivity index (χ1n) is 3.78. The predicted molar refractivity (Wildman–Crippen MR) is 51.9 cm³/mol. The summed E-state index contributed by atoms with van der Waals surface area (Å²) in [4.78, 5) is 2.42. The molecule has 2 unspecified atom stereocenters. The molecular weight excluding hydrogens is 183 g/mol. The Kier molecular flexibility index (Phi) is 4.71. The van der Waals surface area contributed by atoms with Crippen LogP contribution in [0.25, 0.3) is 0 Å². The van der Waals surface area contributed by atoms with Gasteiger partial charge >= 0.3 is 0 Å². The van der Waals surface area contributed by atoms with E-state index in [-0.39, 0.29) is 24.8 Å². The molecule has 0 saturated carbocycles. The lowest BCUT2D eigenvalue weighted by Crippen LogP contribution is -2.28. The molecule has 2 rings (SSSR count). The summed E-state index contributed by atoms with van der Waals surface area (Å²) in [6.07, 6.45) is 1.40. The van der Waals surface area contributed by atoms with Crippen molar-refractivity contribution in [1.82, 2.24) is 10.2 Å². The maximum atomic E-state index is 3.51. The largest absolute Gasteiger partial charge is 0.312 e. The monoisotopic (exact) mass is 198 g/mol. The number of likely N-dealkylation sites (tertiary alicyclic amines) is 1. The van der Waals surface area contributed by atoms with Crippen LogP contribution >= 0.6 is 24.8 Å². The van der Waals surface area contributed by atoms with Crippen molar-refractivity contribution in [3.8, 4) is 0 Å². The van der Waals surface area contributed by atoms with Crippen molar-refractivity contribution in [2.75, 3.05) is 26.7 Å². The second kappa shape index (κ2) is 4.51. The first-order chi connectivity index (χ1) is 4.36. The molecule has 0 amide bonds. The van der Waals surface area contributed by atoms with Gasteiger partial charge in [0.15, 0.2) is 0 Å². The number of likely N-dealkylation sites (N-methyl/N-ethyl adjacent to an activating group) is 1. The van der Waals surface area contributed by atoms with Crippen molar-refractivity contribution >= 4 is 24.8 Å². The van der Waals surface area contributed by atoms with Gasteiger partial charge < -0.3 is 10.2 Å². The van der Waals surface area contributed by atoms with Gasteiger partial charge in [-0.2, -0.15) is 0 Å². The highest BCUT2D eigenvalue weighted by Crippen LogP contribution is 2.22. The fourth-order valence-corrected chi connectivity index (χ4v) is 2.06. The Morgan fingerprint density at radius 1 is 1.27 bits per heavy atom. The van der Waals surface area contributed by atoms with Crippen molar-refractivity contribution in [3.63, 3.8) is 0 Å². The van der Waals surface area contributed by atoms with Gasteiger partial charge in [-0.3, -0.25) is 0 Å². The molecule has 0 aliphatic carbocycles. The summed E-state index contributed by atoms with van der Waals surface area (Å²) in [5, 5.41) is 3.51. The van der Waals surface area contributed by atoms with Gasteiger partial charge in [-0.1, -0.05) is 0 Å². The molecule has 0 bridgehead atoms. The zero-order chi connectivity index (χ0) is 6.27. The highest BCUT2D eigenvalue weighted by Gasteiger charge is 2.33. The van der Waals surface area contributed by atoms with Crippen LogP contribution in [-0.4, -0.2) is 37.6 Å². The van der Waals surface area contributed by atoms with Crippen LogP contribution in [-0.2, 0) is 0 Å². The number of nitrogens with one attached hydrogen (secondary N) is 1. The second-order valence-electron chi connectivity index (χ2n) is 3.33. The number of halogens is 2. The molecule has 2 fully saturated rings. The number of nitrogens with zero attached hydrogens (tertiary/aromatic N) is 1. The molecule has 0 aromatic heterocycles. The highest BCUT2D eigenvalue weighted by atomic mass is 35.5. The number of fused-ring (bicyclic) bond motifs is 1. The first-order valence-corrected chi connectivity index (χ1v) is 3.78. The normalized spacial score (nSPS) is 35.7. The maximum absolute atomic E-state index is 3.51. The smallest absolute Gasteiger partial charge is 0.0235 e. The van der Waals surface area contributed by atoms with Crippen molar-refractivity contribution in [2.45, 2.75) is 12.5 Å². The van der Waals surface area contributed by atoms with Crippen LogP contribution in [0.1, 0.15) is 6.42 Å². The molecule has 0 aromatic rings. The molecular formula is C7H16Cl2N2. The lowest BCUT2D eigenvalue weighted by molar-refractivity contribution is 0.382. The zero-order valence-corrected chi connectivity index (χ0v) is 8.38. The third-order valence-electron chi connectivity index (χ3n) is 2.55. The molecule has 2 aliphatic heterocycles. The van der Waals surface area contributed by atoms with Crippen LogP contribution in [0.4, 0.5) is 0 Å². The lowest BCUT2D eigenvalue weighted by atomic mass is 10.1. The quantitative estimate of drug-likeness (QED) is 0.619. The van der Waals surface area contributed by atoms with Crippen LogP contribution in [0.5, 0.6) is 0 Å². The van der Waals surface area contributed by atoms with Gasteiger partial charge in [-0.05, 0) is 25.9 Å². The van der Waals surface area contributed by atoms with E-state index in [4.69, 9.17) is 0 Å². The molecule has 68 valence electrons. The third-order valence-corrected chi connectivity index (χ3v) is 2.55. The molecule has 2 saturated heterocycles. The van der Waals surface area contributed by atoms with Crippen molar-refractivity contribution in [3.05, 3.63) is 0 Å². The van der Waals surface area contributed by atoms with Gasteiger partial charge in [-0.15, -0.1) is 24.8 Å². The van der Waals surface area contributed by atoms with Crippen LogP contribution in [0, 0.1) is 5.92 Å². The van der Waals surface area contributed by atoms with Crippen LogP contribution < -0.4 is 5.32 Å². The molecule has 2 heterocycles. The Morgan fingerprint density at radius 2 is 2.00 bits per heavy atom. The molecule has 0 spiro atoms. The topological polar surface area (TPSA) is 15.3 Å². The summed E-state index contributed by atoms with van der Waals surface area (Å²) in [7, 11) is 2.21. The minimum atomic E-state index is 0. The van der Waals surface area contributed by atoms with Gasteiger partial charge in [0.1, 0.15) is 0 Å². The van der Waals surface area contributed by atoms with Crippen molar-refractivity contribution < 1.29 is 0 Å². The molecule has 2 atom stereocenters. The fraction of sp³-hybridized carbons (Fsp3) is 1.00. The molecule has 0 radical (unpaired) electrons. The molecule has 0 aromatic carbocycles. The Hall–Kier alpha value is 0.500. The maximum Gasteiger partial charge on any atom is 0.0235 e. The van der Waals surface area contributed by atoms with E-state index in [1.807, 2.05) is 0 Å². The van der Waals surface area contributed by atoms with Gasteiger partial charge in [0.25, 0.3) is 0 Å². The highest BCUT2D eigenvalue weighted by molar-refractivity contribution is 5.85. The van der Waals surface area contributed by atoms with Gasteiger partial charge in [0, 0.05) is 19.1 Å². The lowest BCUT2D eigenvalue weighted by Gasteiger charge is -2.07. The number of hydrogen-bond acceptors (Lipinski definition) is 2. The molecule has 2 nitrogen and oxygen atoms in total. The van der Waals surface area contributed by atoms with Crippen molar-refractivity contribution in [2.24, 2.45) is 5.92 Å². The summed E-state index contributed by atoms with van der Waals surface area (Å²) < 4.78 is 0. The van der Waals surface area contributed by atoms with Crippen LogP contribution in [0.15, 0.2) is 0 Å². The summed E-state index contributed by atoms with van der Waals surface area (Å²) in [5.74, 6) is 0.968. The van der Waals surface area contributed by atoms with E-state index < -0.39 is 0 Å². The summed E-state index contributed by atoms with van der Waals surface area (Å²) in [6.45, 7) is 3.84. The second-order valence-corrected chi connectivity index (χ2v) is 3.33. The third kappa shape index (κ3) is 2.22. The Morgan fingerprint density at radius 3 is 2.64 bits per heavy atom. The van der Waals surface area contributed by atoms with Gasteiger partial charge in [-0.25, -0.2) is 0 Å². The average Bonchev–Trinajstić information content (AvgIpc) is 2.22. The van der Waals surface area contributed by atoms with E-state index in [1.54, 1.807) is 0 Å². The Bertz CT molecular complexity index is 109. The SMILES string of the molecule is CN1CC2CCNC2C1.Cl.Cl. The Labute approximate surface area is 80.5 Å². The van der Waals surface area contributed by atoms with E-state index >= 15 is 0 Å². The molecule has 2 aliphatic rings. The minimum absolute atomic E-state index is 0. The predicted octanol–water partition coefficient (Wildman–Crippen LogP) is 0.753. The first kappa shape index (κ1) is 11.5. The standard InChI is InChI=1S/C7H14N2.2ClH/c1-9-4-6-2-3-8-7(6)5-9;;/h6-8H,2-5H2,1H3;2*1H. The number of hydrogen-bond donors (Lipinski definition) is 1. The summed E-state index contributed by atoms with van der Waals surface area (Å²) in [5.41, 5.74) is 0. The zero-order valence-electron chi connectivity index (χ0n) is 6.75.